The SMILES string of the molecule is CC1(C)NC=C(C(=O)O)C(c2ccc([N+](=O)[O-])cc2)C1C(=O)NCCCc1ccccc1. The van der Waals surface area contributed by atoms with Crippen molar-refractivity contribution in [2.24, 2.45) is 5.92 Å². The number of aryl methyl sites for hydroxylation is 1. The highest BCUT2D eigenvalue weighted by Gasteiger charge is 2.47. The Hall–Kier alpha value is -3.68. The minimum atomic E-state index is -1.14. The van der Waals surface area contributed by atoms with E-state index in [9.17, 15) is 24.8 Å². The average molecular weight is 437 g/mol. The summed E-state index contributed by atoms with van der Waals surface area (Å²) in [5, 5.41) is 26.8. The number of hydrogen-bond donors (Lipinski definition) is 3. The summed E-state index contributed by atoms with van der Waals surface area (Å²) in [4.78, 5) is 35.7. The topological polar surface area (TPSA) is 122 Å². The summed E-state index contributed by atoms with van der Waals surface area (Å²) in [6, 6.07) is 15.7. The molecular weight excluding hydrogens is 410 g/mol. The van der Waals surface area contributed by atoms with E-state index in [1.165, 1.54) is 36.0 Å². The van der Waals surface area contributed by atoms with E-state index in [-0.39, 0.29) is 17.2 Å². The molecule has 2 aromatic rings. The molecule has 1 amide bonds. The van der Waals surface area contributed by atoms with Crippen LogP contribution in [0.15, 0.2) is 66.4 Å². The van der Waals surface area contributed by atoms with Crippen molar-refractivity contribution in [3.05, 3.63) is 87.6 Å². The van der Waals surface area contributed by atoms with Gasteiger partial charge in [-0.3, -0.25) is 14.9 Å². The third kappa shape index (κ3) is 5.14. The van der Waals surface area contributed by atoms with Gasteiger partial charge in [0.1, 0.15) is 0 Å². The van der Waals surface area contributed by atoms with Gasteiger partial charge in [-0.05, 0) is 37.8 Å². The second-order valence-corrected chi connectivity index (χ2v) is 8.46. The van der Waals surface area contributed by atoms with Gasteiger partial charge in [0.15, 0.2) is 0 Å². The summed E-state index contributed by atoms with van der Waals surface area (Å²) < 4.78 is 0. The number of carboxylic acids is 1. The van der Waals surface area contributed by atoms with Gasteiger partial charge in [-0.25, -0.2) is 4.79 Å². The monoisotopic (exact) mass is 437 g/mol. The molecule has 32 heavy (non-hydrogen) atoms. The first-order valence-electron chi connectivity index (χ1n) is 10.5. The molecule has 168 valence electrons. The van der Waals surface area contributed by atoms with Gasteiger partial charge in [0.25, 0.3) is 5.69 Å². The highest BCUT2D eigenvalue weighted by Crippen LogP contribution is 2.41. The zero-order chi connectivity index (χ0) is 23.3. The van der Waals surface area contributed by atoms with Crippen molar-refractivity contribution in [1.29, 1.82) is 0 Å². The molecule has 0 bridgehead atoms. The van der Waals surface area contributed by atoms with Crippen molar-refractivity contribution in [1.82, 2.24) is 10.6 Å². The number of carbonyl (C=O) groups is 2. The molecule has 2 aromatic carbocycles. The number of nitrogens with zero attached hydrogens (tertiary/aromatic N) is 1. The van der Waals surface area contributed by atoms with Crippen molar-refractivity contribution >= 4 is 17.6 Å². The molecule has 0 aromatic heterocycles. The summed E-state index contributed by atoms with van der Waals surface area (Å²) in [6.07, 6.45) is 2.99. The Morgan fingerprint density at radius 2 is 1.78 bits per heavy atom. The number of carboxylic acid groups (broad SMARTS) is 1. The number of non-ortho nitro benzene ring substituents is 1. The van der Waals surface area contributed by atoms with E-state index < -0.39 is 28.3 Å². The van der Waals surface area contributed by atoms with E-state index in [0.717, 1.165) is 12.8 Å². The van der Waals surface area contributed by atoms with Crippen LogP contribution in [0, 0.1) is 16.0 Å². The fourth-order valence-electron chi connectivity index (χ4n) is 4.15. The Bertz CT molecular complexity index is 1020. The lowest BCUT2D eigenvalue weighted by Crippen LogP contribution is -2.56. The Morgan fingerprint density at radius 1 is 1.12 bits per heavy atom. The van der Waals surface area contributed by atoms with Crippen molar-refractivity contribution in [2.45, 2.75) is 38.1 Å². The van der Waals surface area contributed by atoms with Crippen LogP contribution in [0.1, 0.15) is 37.3 Å². The summed E-state index contributed by atoms with van der Waals surface area (Å²) in [6.45, 7) is 4.14. The smallest absolute Gasteiger partial charge is 0.333 e. The average Bonchev–Trinajstić information content (AvgIpc) is 2.76. The number of carbonyl (C=O) groups excluding carboxylic acids is 1. The van der Waals surface area contributed by atoms with E-state index in [4.69, 9.17) is 0 Å². The molecule has 3 N–H and O–H groups in total. The summed E-state index contributed by atoms with van der Waals surface area (Å²) in [7, 11) is 0. The fourth-order valence-corrected chi connectivity index (χ4v) is 4.15. The molecule has 0 fully saturated rings. The lowest BCUT2D eigenvalue weighted by Gasteiger charge is -2.43. The van der Waals surface area contributed by atoms with E-state index in [1.54, 1.807) is 0 Å². The largest absolute Gasteiger partial charge is 0.478 e. The molecule has 2 unspecified atom stereocenters. The molecular formula is C24H27N3O5. The lowest BCUT2D eigenvalue weighted by molar-refractivity contribution is -0.384. The van der Waals surface area contributed by atoms with Gasteiger partial charge in [-0.2, -0.15) is 0 Å². The first-order chi connectivity index (χ1) is 15.2. The van der Waals surface area contributed by atoms with Crippen LogP contribution >= 0.6 is 0 Å². The molecule has 0 spiro atoms. The van der Waals surface area contributed by atoms with Crippen molar-refractivity contribution in [2.75, 3.05) is 6.54 Å². The number of amides is 1. The highest BCUT2D eigenvalue weighted by atomic mass is 16.6. The van der Waals surface area contributed by atoms with Gasteiger partial charge in [-0.1, -0.05) is 42.5 Å². The van der Waals surface area contributed by atoms with Crippen LogP contribution in [0.4, 0.5) is 5.69 Å². The van der Waals surface area contributed by atoms with Crippen LogP contribution in [-0.2, 0) is 16.0 Å². The number of nitro groups is 1. The molecule has 1 aliphatic rings. The van der Waals surface area contributed by atoms with E-state index in [1.807, 2.05) is 44.2 Å². The molecule has 8 nitrogen and oxygen atoms in total. The van der Waals surface area contributed by atoms with Crippen LogP contribution in [0.2, 0.25) is 0 Å². The van der Waals surface area contributed by atoms with Gasteiger partial charge in [-0.15, -0.1) is 0 Å². The maximum atomic E-state index is 13.3. The predicted molar refractivity (Wildman–Crippen MR) is 120 cm³/mol. The molecule has 3 rings (SSSR count). The van der Waals surface area contributed by atoms with Crippen LogP contribution in [0.3, 0.4) is 0 Å². The fraction of sp³-hybridized carbons (Fsp3) is 0.333. The number of hydrogen-bond acceptors (Lipinski definition) is 5. The van der Waals surface area contributed by atoms with Gasteiger partial charge >= 0.3 is 5.97 Å². The quantitative estimate of drug-likeness (QED) is 0.331. The molecule has 0 saturated heterocycles. The first-order valence-corrected chi connectivity index (χ1v) is 10.5. The second kappa shape index (κ2) is 9.64. The van der Waals surface area contributed by atoms with E-state index in [0.29, 0.717) is 12.1 Å². The molecule has 2 atom stereocenters. The van der Waals surface area contributed by atoms with Crippen LogP contribution in [-0.4, -0.2) is 34.0 Å². The molecule has 0 saturated carbocycles. The Morgan fingerprint density at radius 3 is 2.38 bits per heavy atom. The van der Waals surface area contributed by atoms with Gasteiger partial charge in [0.05, 0.1) is 16.4 Å². The molecule has 0 radical (unpaired) electrons. The molecule has 8 heteroatoms. The third-order valence-corrected chi connectivity index (χ3v) is 5.82. The predicted octanol–water partition coefficient (Wildman–Crippen LogP) is 3.39. The number of rotatable bonds is 8. The van der Waals surface area contributed by atoms with Crippen molar-refractivity contribution in [3.63, 3.8) is 0 Å². The Labute approximate surface area is 186 Å². The van der Waals surface area contributed by atoms with Crippen molar-refractivity contribution < 1.29 is 19.6 Å². The zero-order valence-corrected chi connectivity index (χ0v) is 18.1. The maximum absolute atomic E-state index is 13.3. The standard InChI is InChI=1S/C24H27N3O5/c1-24(2)21(22(28)25-14-6-9-16-7-4-3-5-8-16)20(19(15-26-24)23(29)30)17-10-12-18(13-11-17)27(31)32/h3-5,7-8,10-13,15,20-21,26H,6,9,14H2,1-2H3,(H,25,28)(H,29,30). The minimum Gasteiger partial charge on any atom is -0.478 e. The van der Waals surface area contributed by atoms with E-state index >= 15 is 0 Å². The van der Waals surface area contributed by atoms with Gasteiger partial charge in [0, 0.05) is 36.3 Å². The first kappa shape index (κ1) is 23.0. The van der Waals surface area contributed by atoms with Crippen LogP contribution in [0.25, 0.3) is 0 Å². The molecule has 1 aliphatic heterocycles. The summed E-state index contributed by atoms with van der Waals surface area (Å²) >= 11 is 0. The number of nitrogens with one attached hydrogen (secondary N) is 2. The highest BCUT2D eigenvalue weighted by molar-refractivity contribution is 5.92. The number of aliphatic carboxylic acids is 1. The van der Waals surface area contributed by atoms with Crippen molar-refractivity contribution in [3.8, 4) is 0 Å². The van der Waals surface area contributed by atoms with Gasteiger partial charge < -0.3 is 15.7 Å². The molecule has 1 heterocycles. The summed E-state index contributed by atoms with van der Waals surface area (Å²) in [5.41, 5.74) is 0.950. The number of nitro benzene ring substituents is 1. The third-order valence-electron chi connectivity index (χ3n) is 5.82. The Kier molecular flexibility index (Phi) is 6.92. The van der Waals surface area contributed by atoms with Gasteiger partial charge in [0.2, 0.25) is 5.91 Å². The zero-order valence-electron chi connectivity index (χ0n) is 18.1. The second-order valence-electron chi connectivity index (χ2n) is 8.46. The number of benzene rings is 2. The maximum Gasteiger partial charge on any atom is 0.333 e. The Balaban J connectivity index is 1.82. The molecule has 0 aliphatic carbocycles. The van der Waals surface area contributed by atoms with E-state index in [2.05, 4.69) is 10.6 Å². The normalized spacial score (nSPS) is 19.4. The van der Waals surface area contributed by atoms with Crippen LogP contribution in [0.5, 0.6) is 0 Å². The minimum absolute atomic E-state index is 0.0441. The summed E-state index contributed by atoms with van der Waals surface area (Å²) in [5.74, 6) is -2.88. The lowest BCUT2D eigenvalue weighted by atomic mass is 9.69. The van der Waals surface area contributed by atoms with Crippen LogP contribution < -0.4 is 10.6 Å².